The molecule has 0 amide bonds. The highest BCUT2D eigenvalue weighted by atomic mass is 31.2. The molecular weight excluding hydrogens is 1340 g/mol. The van der Waals surface area contributed by atoms with Crippen LogP contribution in [0, 0.1) is 11.8 Å². The number of hydrogen-bond acceptors (Lipinski definition) is 15. The SMILES string of the molecule is CCCCCCCCCCCCCCCC(=O)O[C@H](COC(=O)CCCCCCCCCCCCCC)COP(=O)(O)OC[C@H](O)COP(=O)(O)OC[C@@H](COC(=O)CCCCCCCCCCCCCCCCCCC(C)C)OC(=O)CCCCCCCCCCCCCCCCCCC(C)C. The molecule has 103 heavy (non-hydrogen) atoms. The van der Waals surface area contributed by atoms with Gasteiger partial charge >= 0.3 is 39.5 Å². The van der Waals surface area contributed by atoms with Crippen LogP contribution in [0.5, 0.6) is 0 Å². The van der Waals surface area contributed by atoms with E-state index >= 15 is 0 Å². The summed E-state index contributed by atoms with van der Waals surface area (Å²) in [6, 6.07) is 0. The Morgan fingerprint density at radius 3 is 0.660 bits per heavy atom. The fourth-order valence-electron chi connectivity index (χ4n) is 13.1. The molecule has 0 aliphatic heterocycles. The number of aliphatic hydroxyl groups excluding tert-OH is 1. The van der Waals surface area contributed by atoms with Crippen molar-refractivity contribution in [3.05, 3.63) is 0 Å². The summed E-state index contributed by atoms with van der Waals surface area (Å²) < 4.78 is 68.8. The molecule has 612 valence electrons. The topological polar surface area (TPSA) is 237 Å². The Kier molecular flexibility index (Phi) is 74.1. The van der Waals surface area contributed by atoms with Crippen LogP contribution in [-0.4, -0.2) is 96.7 Å². The number of hydrogen-bond donors (Lipinski definition) is 3. The van der Waals surface area contributed by atoms with Gasteiger partial charge in [-0.05, 0) is 37.5 Å². The van der Waals surface area contributed by atoms with Crippen molar-refractivity contribution in [2.75, 3.05) is 39.6 Å². The number of ether oxygens (including phenoxy) is 4. The Labute approximate surface area is 632 Å². The zero-order chi connectivity index (χ0) is 75.6. The van der Waals surface area contributed by atoms with Crippen molar-refractivity contribution in [1.29, 1.82) is 0 Å². The fourth-order valence-corrected chi connectivity index (χ4v) is 14.6. The summed E-state index contributed by atoms with van der Waals surface area (Å²) in [5, 5.41) is 10.7. The molecule has 0 aliphatic carbocycles. The van der Waals surface area contributed by atoms with Crippen LogP contribution in [0.2, 0.25) is 0 Å². The van der Waals surface area contributed by atoms with E-state index in [-0.39, 0.29) is 25.7 Å². The van der Waals surface area contributed by atoms with Gasteiger partial charge in [-0.25, -0.2) is 9.13 Å². The number of aliphatic hydroxyl groups is 1. The highest BCUT2D eigenvalue weighted by molar-refractivity contribution is 7.47. The van der Waals surface area contributed by atoms with Crippen LogP contribution in [0.4, 0.5) is 0 Å². The third-order valence-electron chi connectivity index (χ3n) is 19.7. The van der Waals surface area contributed by atoms with E-state index in [9.17, 15) is 43.2 Å². The Balaban J connectivity index is 5.24. The number of unbranched alkanes of at least 4 members (excludes halogenated alkanes) is 53. The molecule has 0 radical (unpaired) electrons. The number of carbonyl (C=O) groups excluding carboxylic acids is 4. The molecule has 0 fully saturated rings. The van der Waals surface area contributed by atoms with Gasteiger partial charge in [-0.15, -0.1) is 0 Å². The molecule has 19 heteroatoms. The van der Waals surface area contributed by atoms with Crippen molar-refractivity contribution in [1.82, 2.24) is 0 Å². The van der Waals surface area contributed by atoms with Crippen molar-refractivity contribution in [3.8, 4) is 0 Å². The van der Waals surface area contributed by atoms with E-state index in [1.54, 1.807) is 0 Å². The largest absolute Gasteiger partial charge is 0.472 e. The lowest BCUT2D eigenvalue weighted by Crippen LogP contribution is -2.30. The minimum Gasteiger partial charge on any atom is -0.462 e. The van der Waals surface area contributed by atoms with Crippen molar-refractivity contribution < 1.29 is 80.2 Å². The van der Waals surface area contributed by atoms with Gasteiger partial charge in [0, 0.05) is 25.7 Å². The molecule has 2 unspecified atom stereocenters. The van der Waals surface area contributed by atoms with Crippen LogP contribution in [0.25, 0.3) is 0 Å². The van der Waals surface area contributed by atoms with E-state index in [1.807, 2.05) is 0 Å². The second kappa shape index (κ2) is 75.5. The quantitative estimate of drug-likeness (QED) is 0.0222. The molecule has 0 saturated heterocycles. The van der Waals surface area contributed by atoms with Gasteiger partial charge in [-0.1, -0.05) is 395 Å². The Morgan fingerprint density at radius 1 is 0.262 bits per heavy atom. The number of phosphoric ester groups is 2. The monoisotopic (exact) mass is 1510 g/mol. The molecule has 0 bridgehead atoms. The maximum atomic E-state index is 13.1. The van der Waals surface area contributed by atoms with Crippen molar-refractivity contribution in [3.63, 3.8) is 0 Å². The molecule has 0 aliphatic rings. The predicted octanol–water partition coefficient (Wildman–Crippen LogP) is 25.5. The third-order valence-corrected chi connectivity index (χ3v) is 21.6. The van der Waals surface area contributed by atoms with Gasteiger partial charge in [0.25, 0.3) is 0 Å². The normalized spacial score (nSPS) is 13.9. The summed E-state index contributed by atoms with van der Waals surface area (Å²) in [5.74, 6) is -0.480. The molecule has 3 N–H and O–H groups in total. The van der Waals surface area contributed by atoms with Gasteiger partial charge in [0.05, 0.1) is 26.4 Å². The Hall–Kier alpha value is -1.94. The van der Waals surface area contributed by atoms with Gasteiger partial charge in [0.2, 0.25) is 0 Å². The second-order valence-electron chi connectivity index (χ2n) is 31.2. The van der Waals surface area contributed by atoms with Gasteiger partial charge in [0.15, 0.2) is 12.2 Å². The van der Waals surface area contributed by atoms with Crippen molar-refractivity contribution in [2.24, 2.45) is 11.8 Å². The molecule has 17 nitrogen and oxygen atoms in total. The first kappa shape index (κ1) is 101. The van der Waals surface area contributed by atoms with Gasteiger partial charge < -0.3 is 33.8 Å². The van der Waals surface area contributed by atoms with Gasteiger partial charge in [0.1, 0.15) is 19.3 Å². The summed E-state index contributed by atoms with van der Waals surface area (Å²) >= 11 is 0. The van der Waals surface area contributed by atoms with Crippen molar-refractivity contribution in [2.45, 2.75) is 464 Å². The smallest absolute Gasteiger partial charge is 0.462 e. The number of carbonyl (C=O) groups is 4. The molecule has 0 aromatic carbocycles. The third kappa shape index (κ3) is 78.0. The Bertz CT molecular complexity index is 1980. The van der Waals surface area contributed by atoms with Gasteiger partial charge in [-0.2, -0.15) is 0 Å². The second-order valence-corrected chi connectivity index (χ2v) is 34.1. The van der Waals surface area contributed by atoms with Crippen LogP contribution < -0.4 is 0 Å². The zero-order valence-electron chi connectivity index (χ0n) is 67.6. The lowest BCUT2D eigenvalue weighted by molar-refractivity contribution is -0.161. The average molecular weight is 1510 g/mol. The highest BCUT2D eigenvalue weighted by Gasteiger charge is 2.30. The summed E-state index contributed by atoms with van der Waals surface area (Å²) in [7, 11) is -9.92. The highest BCUT2D eigenvalue weighted by Crippen LogP contribution is 2.45. The molecule has 0 rings (SSSR count). The lowest BCUT2D eigenvalue weighted by Gasteiger charge is -2.21. The van der Waals surface area contributed by atoms with Crippen LogP contribution in [0.1, 0.15) is 446 Å². The van der Waals surface area contributed by atoms with E-state index in [4.69, 9.17) is 37.0 Å². The summed E-state index contributed by atoms with van der Waals surface area (Å²) in [4.78, 5) is 73.2. The fraction of sp³-hybridized carbons (Fsp3) is 0.952. The molecule has 0 saturated carbocycles. The molecule has 0 spiro atoms. The maximum absolute atomic E-state index is 13.1. The lowest BCUT2D eigenvalue weighted by atomic mass is 10.0. The molecule has 5 atom stereocenters. The van der Waals surface area contributed by atoms with Crippen LogP contribution >= 0.6 is 15.6 Å². The zero-order valence-corrected chi connectivity index (χ0v) is 69.4. The van der Waals surface area contributed by atoms with Crippen LogP contribution in [0.15, 0.2) is 0 Å². The minimum atomic E-state index is -4.96. The number of esters is 4. The summed E-state index contributed by atoms with van der Waals surface area (Å²) in [5.41, 5.74) is 0. The number of phosphoric acid groups is 2. The average Bonchev–Trinajstić information content (AvgIpc) is 0.916. The van der Waals surface area contributed by atoms with E-state index in [2.05, 4.69) is 41.5 Å². The summed E-state index contributed by atoms with van der Waals surface area (Å²) in [6.45, 7) is 9.72. The van der Waals surface area contributed by atoms with E-state index in [1.165, 1.54) is 263 Å². The standard InChI is InChI=1S/C84H164O17P2/c1-7-9-11-13-15-17-19-29-38-44-50-56-62-68-83(88)100-79(72-94-81(86)66-60-54-48-42-36-20-18-16-14-12-10-8-2)74-98-102(90,91)96-70-78(85)71-97-103(92,93)99-75-80(101-84(89)69-63-57-51-45-39-33-28-24-22-26-31-35-41-47-53-59-65-77(5)6)73-95-82(87)67-61-55-49-43-37-32-27-23-21-25-30-34-40-46-52-58-64-76(3)4/h76-80,85H,7-75H2,1-6H3,(H,90,91)(H,92,93)/t78-,79+,80+/m0/s1. The molecule has 0 aromatic heterocycles. The first-order valence-electron chi connectivity index (χ1n) is 43.5. The van der Waals surface area contributed by atoms with E-state index in [0.29, 0.717) is 25.7 Å². The minimum absolute atomic E-state index is 0.108. The van der Waals surface area contributed by atoms with E-state index < -0.39 is 97.5 Å². The molecule has 0 heterocycles. The first-order chi connectivity index (χ1) is 49.9. The van der Waals surface area contributed by atoms with Crippen LogP contribution in [0.3, 0.4) is 0 Å². The molecule has 0 aromatic rings. The van der Waals surface area contributed by atoms with Gasteiger partial charge in [-0.3, -0.25) is 37.3 Å². The Morgan fingerprint density at radius 2 is 0.447 bits per heavy atom. The van der Waals surface area contributed by atoms with Crippen LogP contribution in [-0.2, 0) is 65.4 Å². The van der Waals surface area contributed by atoms with E-state index in [0.717, 1.165) is 102 Å². The number of rotatable bonds is 83. The maximum Gasteiger partial charge on any atom is 0.472 e. The van der Waals surface area contributed by atoms with Crippen molar-refractivity contribution >= 4 is 39.5 Å². The predicted molar refractivity (Wildman–Crippen MR) is 423 cm³/mol. The first-order valence-corrected chi connectivity index (χ1v) is 46.5. The molecular formula is C84H164O17P2. The summed E-state index contributed by atoms with van der Waals surface area (Å²) in [6.07, 6.45) is 66.5.